The number of hydrogen-bond acceptors (Lipinski definition) is 6. The SMILES string of the molecule is COc1cc(-c2nc3c(Nc4ccc(-n5cnc(C)n5)c(OC)c4)cccc3n2C)ccc1Cl. The van der Waals surface area contributed by atoms with Crippen LogP contribution in [0.4, 0.5) is 11.4 Å². The number of aromatic nitrogens is 5. The summed E-state index contributed by atoms with van der Waals surface area (Å²) in [7, 11) is 5.23. The number of methoxy groups -OCH3 is 2. The van der Waals surface area contributed by atoms with Gasteiger partial charge in [-0.3, -0.25) is 0 Å². The van der Waals surface area contributed by atoms with E-state index < -0.39 is 0 Å². The molecule has 0 amide bonds. The highest BCUT2D eigenvalue weighted by molar-refractivity contribution is 6.32. The largest absolute Gasteiger partial charge is 0.495 e. The lowest BCUT2D eigenvalue weighted by atomic mass is 10.2. The van der Waals surface area contributed by atoms with Crippen molar-refractivity contribution in [2.75, 3.05) is 19.5 Å². The summed E-state index contributed by atoms with van der Waals surface area (Å²) in [6.07, 6.45) is 1.67. The van der Waals surface area contributed by atoms with Gasteiger partial charge in [0, 0.05) is 24.4 Å². The van der Waals surface area contributed by atoms with Gasteiger partial charge in [-0.2, -0.15) is 5.10 Å². The predicted octanol–water partition coefficient (Wildman–Crippen LogP) is 5.54. The summed E-state index contributed by atoms with van der Waals surface area (Å²) in [5, 5.41) is 8.42. The third kappa shape index (κ3) is 3.82. The molecular formula is C25H23ClN6O2. The Morgan fingerprint density at radius 2 is 1.79 bits per heavy atom. The molecule has 5 aromatic rings. The van der Waals surface area contributed by atoms with E-state index in [-0.39, 0.29) is 0 Å². The molecule has 1 N–H and O–H groups in total. The number of anilines is 2. The highest BCUT2D eigenvalue weighted by Gasteiger charge is 2.15. The molecule has 5 rings (SSSR count). The number of fused-ring (bicyclic) bond motifs is 1. The van der Waals surface area contributed by atoms with Crippen molar-refractivity contribution in [1.82, 2.24) is 24.3 Å². The lowest BCUT2D eigenvalue weighted by molar-refractivity contribution is 0.412. The van der Waals surface area contributed by atoms with Crippen LogP contribution < -0.4 is 14.8 Å². The van der Waals surface area contributed by atoms with Gasteiger partial charge in [0.05, 0.1) is 30.4 Å². The van der Waals surface area contributed by atoms with Crippen LogP contribution in [0.15, 0.2) is 60.9 Å². The third-order valence-corrected chi connectivity index (χ3v) is 5.95. The average Bonchev–Trinajstić information content (AvgIpc) is 3.43. The first-order valence-corrected chi connectivity index (χ1v) is 11.0. The Kier molecular flexibility index (Phi) is 5.59. The Bertz CT molecular complexity index is 1510. The highest BCUT2D eigenvalue weighted by Crippen LogP contribution is 2.34. The number of para-hydroxylation sites is 1. The first-order chi connectivity index (χ1) is 16.5. The van der Waals surface area contributed by atoms with E-state index in [9.17, 15) is 0 Å². The second kappa shape index (κ2) is 8.72. The standard InChI is InChI=1S/C25H23ClN6O2/c1-15-27-14-32(30-15)20-11-9-17(13-23(20)34-4)28-19-6-5-7-21-24(19)29-25(31(21)2)16-8-10-18(26)22(12-16)33-3/h5-14,28H,1-4H3. The van der Waals surface area contributed by atoms with Crippen LogP contribution in [0.3, 0.4) is 0 Å². The molecular weight excluding hydrogens is 452 g/mol. The molecule has 0 aliphatic heterocycles. The van der Waals surface area contributed by atoms with E-state index in [1.54, 1.807) is 25.2 Å². The van der Waals surface area contributed by atoms with Crippen molar-refractivity contribution in [3.8, 4) is 28.6 Å². The summed E-state index contributed by atoms with van der Waals surface area (Å²) in [4.78, 5) is 9.14. The number of imidazole rings is 1. The van der Waals surface area contributed by atoms with Gasteiger partial charge < -0.3 is 19.4 Å². The van der Waals surface area contributed by atoms with E-state index in [0.717, 1.165) is 39.5 Å². The van der Waals surface area contributed by atoms with Crippen LogP contribution in [0.2, 0.25) is 5.02 Å². The van der Waals surface area contributed by atoms with Crippen LogP contribution in [0, 0.1) is 6.92 Å². The van der Waals surface area contributed by atoms with Crippen molar-refractivity contribution in [1.29, 1.82) is 0 Å². The van der Waals surface area contributed by atoms with Gasteiger partial charge >= 0.3 is 0 Å². The van der Waals surface area contributed by atoms with E-state index in [1.165, 1.54) is 0 Å². The number of aryl methyl sites for hydroxylation is 2. The minimum Gasteiger partial charge on any atom is -0.495 e. The zero-order valence-electron chi connectivity index (χ0n) is 19.2. The maximum absolute atomic E-state index is 6.21. The molecule has 0 atom stereocenters. The van der Waals surface area contributed by atoms with Crippen LogP contribution >= 0.6 is 11.6 Å². The molecule has 9 heteroatoms. The number of rotatable bonds is 6. The molecule has 0 fully saturated rings. The quantitative estimate of drug-likeness (QED) is 0.348. The van der Waals surface area contributed by atoms with Crippen LogP contribution in [0.25, 0.3) is 28.1 Å². The van der Waals surface area contributed by atoms with Gasteiger partial charge in [-0.25, -0.2) is 14.6 Å². The number of halogens is 1. The number of nitrogens with one attached hydrogen (secondary N) is 1. The summed E-state index contributed by atoms with van der Waals surface area (Å²) in [5.41, 5.74) is 5.32. The summed E-state index contributed by atoms with van der Waals surface area (Å²) in [6, 6.07) is 17.5. The number of benzene rings is 3. The summed E-state index contributed by atoms with van der Waals surface area (Å²) in [6.45, 7) is 1.85. The fourth-order valence-corrected chi connectivity index (χ4v) is 4.13. The molecule has 2 heterocycles. The molecule has 8 nitrogen and oxygen atoms in total. The monoisotopic (exact) mass is 474 g/mol. The van der Waals surface area contributed by atoms with Crippen molar-refractivity contribution in [2.24, 2.45) is 7.05 Å². The smallest absolute Gasteiger partial charge is 0.147 e. The molecule has 0 unspecified atom stereocenters. The minimum absolute atomic E-state index is 0.561. The van der Waals surface area contributed by atoms with Crippen LogP contribution in [-0.4, -0.2) is 38.5 Å². The molecule has 0 saturated carbocycles. The molecule has 0 aliphatic rings. The van der Waals surface area contributed by atoms with Crippen LogP contribution in [0.1, 0.15) is 5.82 Å². The zero-order chi connectivity index (χ0) is 23.8. The van der Waals surface area contributed by atoms with Crippen LogP contribution in [-0.2, 0) is 7.05 Å². The Balaban J connectivity index is 1.53. The number of hydrogen-bond donors (Lipinski definition) is 1. The van der Waals surface area contributed by atoms with Crippen LogP contribution in [0.5, 0.6) is 11.5 Å². The van der Waals surface area contributed by atoms with Gasteiger partial charge in [0.1, 0.15) is 40.7 Å². The van der Waals surface area contributed by atoms with Gasteiger partial charge in [0.25, 0.3) is 0 Å². The first-order valence-electron chi connectivity index (χ1n) is 10.6. The summed E-state index contributed by atoms with van der Waals surface area (Å²) in [5.74, 6) is 2.80. The molecule has 3 aromatic carbocycles. The molecule has 0 spiro atoms. The van der Waals surface area contributed by atoms with Crippen molar-refractivity contribution < 1.29 is 9.47 Å². The second-order valence-corrected chi connectivity index (χ2v) is 8.17. The molecule has 34 heavy (non-hydrogen) atoms. The molecule has 0 saturated heterocycles. The van der Waals surface area contributed by atoms with Crippen molar-refractivity contribution in [2.45, 2.75) is 6.92 Å². The number of ether oxygens (including phenoxy) is 2. The normalized spacial score (nSPS) is 11.1. The second-order valence-electron chi connectivity index (χ2n) is 7.77. The first kappa shape index (κ1) is 21.8. The fourth-order valence-electron chi connectivity index (χ4n) is 3.93. The molecule has 172 valence electrons. The Labute approximate surface area is 201 Å². The maximum Gasteiger partial charge on any atom is 0.147 e. The van der Waals surface area contributed by atoms with Gasteiger partial charge in [-0.1, -0.05) is 17.7 Å². The topological polar surface area (TPSA) is 79.0 Å². The molecule has 0 bridgehead atoms. The Hall–Kier alpha value is -4.04. The van der Waals surface area contributed by atoms with E-state index in [0.29, 0.717) is 22.3 Å². The van der Waals surface area contributed by atoms with E-state index >= 15 is 0 Å². The van der Waals surface area contributed by atoms with Gasteiger partial charge in [-0.05, 0) is 49.4 Å². The maximum atomic E-state index is 6.21. The van der Waals surface area contributed by atoms with Gasteiger partial charge in [0.2, 0.25) is 0 Å². The van der Waals surface area contributed by atoms with Gasteiger partial charge in [0.15, 0.2) is 0 Å². The highest BCUT2D eigenvalue weighted by atomic mass is 35.5. The molecule has 0 radical (unpaired) electrons. The number of nitrogens with zero attached hydrogens (tertiary/aromatic N) is 5. The van der Waals surface area contributed by atoms with Crippen molar-refractivity contribution in [3.63, 3.8) is 0 Å². The summed E-state index contributed by atoms with van der Waals surface area (Å²) >= 11 is 6.21. The Morgan fingerprint density at radius 1 is 0.971 bits per heavy atom. The van der Waals surface area contributed by atoms with Gasteiger partial charge in [-0.15, -0.1) is 0 Å². The molecule has 2 aromatic heterocycles. The Morgan fingerprint density at radius 3 is 2.53 bits per heavy atom. The predicted molar refractivity (Wildman–Crippen MR) is 134 cm³/mol. The minimum atomic E-state index is 0.561. The fraction of sp³-hybridized carbons (Fsp3) is 0.160. The van der Waals surface area contributed by atoms with Crippen molar-refractivity contribution >= 4 is 34.0 Å². The van der Waals surface area contributed by atoms with Crippen molar-refractivity contribution in [3.05, 3.63) is 71.8 Å². The third-order valence-electron chi connectivity index (χ3n) is 5.63. The lowest BCUT2D eigenvalue weighted by Crippen LogP contribution is -2.00. The molecule has 0 aliphatic carbocycles. The van der Waals surface area contributed by atoms with E-state index in [4.69, 9.17) is 26.1 Å². The average molecular weight is 475 g/mol. The summed E-state index contributed by atoms with van der Waals surface area (Å²) < 4.78 is 14.8. The zero-order valence-corrected chi connectivity index (χ0v) is 20.0. The van der Waals surface area contributed by atoms with E-state index in [2.05, 4.69) is 20.0 Å². The van der Waals surface area contributed by atoms with E-state index in [1.807, 2.05) is 68.6 Å². The lowest BCUT2D eigenvalue weighted by Gasteiger charge is -2.12.